The van der Waals surface area contributed by atoms with E-state index in [-0.39, 0.29) is 18.5 Å². The molecule has 0 fully saturated rings. The quantitative estimate of drug-likeness (QED) is 0.811. The van der Waals surface area contributed by atoms with E-state index < -0.39 is 10.0 Å². The van der Waals surface area contributed by atoms with E-state index in [1.54, 1.807) is 17.0 Å². The van der Waals surface area contributed by atoms with Crippen molar-refractivity contribution in [3.8, 4) is 0 Å². The molecule has 1 aliphatic heterocycles. The third-order valence-corrected chi connectivity index (χ3v) is 5.92. The molecule has 1 atom stereocenters. The summed E-state index contributed by atoms with van der Waals surface area (Å²) in [6.45, 7) is 3.76. The highest BCUT2D eigenvalue weighted by Crippen LogP contribution is 2.32. The molecule has 0 aromatic heterocycles. The fraction of sp³-hybridized carbons (Fsp3) is 0.350. The van der Waals surface area contributed by atoms with Gasteiger partial charge in [0.2, 0.25) is 15.9 Å². The Morgan fingerprint density at radius 3 is 2.50 bits per heavy atom. The van der Waals surface area contributed by atoms with E-state index in [0.29, 0.717) is 12.1 Å². The molecule has 5 nitrogen and oxygen atoms in total. The molecule has 1 aliphatic rings. The van der Waals surface area contributed by atoms with Gasteiger partial charge in [0.15, 0.2) is 0 Å². The van der Waals surface area contributed by atoms with Crippen molar-refractivity contribution in [1.29, 1.82) is 0 Å². The number of hydrogen-bond donors (Lipinski definition) is 0. The maximum Gasteiger partial charge on any atom is 0.248 e. The highest BCUT2D eigenvalue weighted by molar-refractivity contribution is 7.92. The van der Waals surface area contributed by atoms with Crippen LogP contribution in [0.1, 0.15) is 25.0 Å². The van der Waals surface area contributed by atoms with Gasteiger partial charge in [0, 0.05) is 11.7 Å². The van der Waals surface area contributed by atoms with Crippen molar-refractivity contribution in [2.45, 2.75) is 32.7 Å². The Labute approximate surface area is 155 Å². The summed E-state index contributed by atoms with van der Waals surface area (Å²) in [4.78, 5) is 14.8. The molecule has 0 aliphatic carbocycles. The van der Waals surface area contributed by atoms with E-state index in [2.05, 4.69) is 0 Å². The van der Waals surface area contributed by atoms with Crippen LogP contribution in [0, 0.1) is 0 Å². The monoisotopic (exact) mass is 372 g/mol. The first-order valence-electron chi connectivity index (χ1n) is 8.78. The number of anilines is 2. The Morgan fingerprint density at radius 2 is 1.81 bits per heavy atom. The maximum absolute atomic E-state index is 13.1. The summed E-state index contributed by atoms with van der Waals surface area (Å²) in [5, 5.41) is 0. The molecule has 6 heteroatoms. The molecule has 0 unspecified atom stereocenters. The molecule has 0 N–H and O–H groups in total. The van der Waals surface area contributed by atoms with Crippen LogP contribution >= 0.6 is 0 Å². The van der Waals surface area contributed by atoms with Crippen molar-refractivity contribution in [1.82, 2.24) is 0 Å². The fourth-order valence-electron chi connectivity index (χ4n) is 3.58. The fourth-order valence-corrected chi connectivity index (χ4v) is 4.46. The number of amides is 1. The molecule has 2 aromatic rings. The second kappa shape index (κ2) is 7.11. The van der Waals surface area contributed by atoms with Crippen LogP contribution in [0.5, 0.6) is 0 Å². The predicted molar refractivity (Wildman–Crippen MR) is 105 cm³/mol. The van der Waals surface area contributed by atoms with Crippen LogP contribution in [0.4, 0.5) is 11.4 Å². The van der Waals surface area contributed by atoms with E-state index in [1.807, 2.05) is 50.2 Å². The molecule has 0 bridgehead atoms. The maximum atomic E-state index is 13.1. The summed E-state index contributed by atoms with van der Waals surface area (Å²) < 4.78 is 26.1. The Bertz CT molecular complexity index is 924. The zero-order chi connectivity index (χ0) is 18.9. The molecule has 0 saturated carbocycles. The number of para-hydroxylation sites is 2. The molecule has 1 heterocycles. The number of sulfonamides is 1. The number of hydrogen-bond acceptors (Lipinski definition) is 3. The van der Waals surface area contributed by atoms with Gasteiger partial charge >= 0.3 is 0 Å². The topological polar surface area (TPSA) is 57.7 Å². The number of fused-ring (bicyclic) bond motifs is 1. The minimum absolute atomic E-state index is 0.0164. The van der Waals surface area contributed by atoms with Crippen molar-refractivity contribution in [2.75, 3.05) is 22.0 Å². The first kappa shape index (κ1) is 18.5. The third-order valence-electron chi connectivity index (χ3n) is 4.80. The largest absolute Gasteiger partial charge is 0.307 e. The zero-order valence-corrected chi connectivity index (χ0v) is 16.2. The number of rotatable bonds is 5. The normalized spacial score (nSPS) is 16.4. The number of benzene rings is 2. The lowest BCUT2D eigenvalue weighted by molar-refractivity contribution is -0.117. The van der Waals surface area contributed by atoms with Gasteiger partial charge in [-0.15, -0.1) is 0 Å². The standard InChI is InChI=1S/C20H24N2O3S/c1-4-16-9-5-7-11-18(16)21(26(3,24)25)14-20(23)22-15(2)13-17-10-6-8-12-19(17)22/h5-12,15H,4,13-14H2,1-3H3/t15-/m0/s1. The van der Waals surface area contributed by atoms with Crippen LogP contribution in [0.15, 0.2) is 48.5 Å². The Hall–Kier alpha value is -2.34. The van der Waals surface area contributed by atoms with Crippen LogP contribution in [0.2, 0.25) is 0 Å². The smallest absolute Gasteiger partial charge is 0.248 e. The third kappa shape index (κ3) is 3.46. The van der Waals surface area contributed by atoms with Gasteiger partial charge in [-0.25, -0.2) is 8.42 Å². The summed E-state index contributed by atoms with van der Waals surface area (Å²) in [6.07, 6.45) is 2.62. The van der Waals surface area contributed by atoms with Gasteiger partial charge < -0.3 is 4.90 Å². The Balaban J connectivity index is 1.95. The minimum Gasteiger partial charge on any atom is -0.307 e. The van der Waals surface area contributed by atoms with Gasteiger partial charge in [0.05, 0.1) is 11.9 Å². The summed E-state index contributed by atoms with van der Waals surface area (Å²) in [7, 11) is -3.58. The number of carbonyl (C=O) groups excluding carboxylic acids is 1. The molecule has 1 amide bonds. The van der Waals surface area contributed by atoms with Gasteiger partial charge in [-0.05, 0) is 43.0 Å². The number of nitrogens with zero attached hydrogens (tertiary/aromatic N) is 2. The number of carbonyl (C=O) groups is 1. The van der Waals surface area contributed by atoms with Gasteiger partial charge in [-0.3, -0.25) is 9.10 Å². The summed E-state index contributed by atoms with van der Waals surface area (Å²) in [5.74, 6) is -0.209. The SMILES string of the molecule is CCc1ccccc1N(CC(=O)N1c2ccccc2C[C@@H]1C)S(C)(=O)=O. The molecule has 0 saturated heterocycles. The van der Waals surface area contributed by atoms with E-state index in [9.17, 15) is 13.2 Å². The second-order valence-electron chi connectivity index (χ2n) is 6.70. The molecule has 138 valence electrons. The molecule has 2 aromatic carbocycles. The molecule has 0 spiro atoms. The summed E-state index contributed by atoms with van der Waals surface area (Å²) in [6, 6.07) is 15.1. The van der Waals surface area contributed by atoms with Crippen LogP contribution < -0.4 is 9.21 Å². The first-order chi connectivity index (χ1) is 12.3. The summed E-state index contributed by atoms with van der Waals surface area (Å²) >= 11 is 0. The van der Waals surface area contributed by atoms with Crippen LogP contribution in [-0.4, -0.2) is 33.2 Å². The van der Waals surface area contributed by atoms with Crippen molar-refractivity contribution in [2.24, 2.45) is 0 Å². The van der Waals surface area contributed by atoms with E-state index in [0.717, 1.165) is 29.5 Å². The van der Waals surface area contributed by atoms with Crippen molar-refractivity contribution in [3.05, 3.63) is 59.7 Å². The van der Waals surface area contributed by atoms with Gasteiger partial charge in [0.1, 0.15) is 6.54 Å². The van der Waals surface area contributed by atoms with E-state index in [4.69, 9.17) is 0 Å². The second-order valence-corrected chi connectivity index (χ2v) is 8.60. The average Bonchev–Trinajstić information content (AvgIpc) is 2.94. The lowest BCUT2D eigenvalue weighted by atomic mass is 10.1. The van der Waals surface area contributed by atoms with Gasteiger partial charge in [0.25, 0.3) is 0 Å². The highest BCUT2D eigenvalue weighted by atomic mass is 32.2. The van der Waals surface area contributed by atoms with Crippen LogP contribution in [0.25, 0.3) is 0 Å². The van der Waals surface area contributed by atoms with Gasteiger partial charge in [-0.1, -0.05) is 43.3 Å². The van der Waals surface area contributed by atoms with Crippen LogP contribution in [-0.2, 0) is 27.7 Å². The zero-order valence-electron chi connectivity index (χ0n) is 15.3. The lowest BCUT2D eigenvalue weighted by Gasteiger charge is -2.29. The molecule has 0 radical (unpaired) electrons. The lowest BCUT2D eigenvalue weighted by Crippen LogP contribution is -2.45. The van der Waals surface area contributed by atoms with Crippen LogP contribution in [0.3, 0.4) is 0 Å². The first-order valence-corrected chi connectivity index (χ1v) is 10.6. The minimum atomic E-state index is -3.58. The van der Waals surface area contributed by atoms with E-state index in [1.165, 1.54) is 4.31 Å². The average molecular weight is 372 g/mol. The predicted octanol–water partition coefficient (Wildman–Crippen LogP) is 2.99. The van der Waals surface area contributed by atoms with Gasteiger partial charge in [-0.2, -0.15) is 0 Å². The van der Waals surface area contributed by atoms with Crippen molar-refractivity contribution >= 4 is 27.3 Å². The number of aryl methyl sites for hydroxylation is 1. The van der Waals surface area contributed by atoms with Crippen molar-refractivity contribution < 1.29 is 13.2 Å². The molecule has 26 heavy (non-hydrogen) atoms. The van der Waals surface area contributed by atoms with E-state index >= 15 is 0 Å². The molecular formula is C20H24N2O3S. The molecule has 3 rings (SSSR count). The Morgan fingerprint density at radius 1 is 1.15 bits per heavy atom. The molecular weight excluding hydrogens is 348 g/mol. The van der Waals surface area contributed by atoms with Crippen molar-refractivity contribution in [3.63, 3.8) is 0 Å². The summed E-state index contributed by atoms with van der Waals surface area (Å²) in [5.41, 5.74) is 3.47. The Kier molecular flexibility index (Phi) is 5.05. The highest BCUT2D eigenvalue weighted by Gasteiger charge is 2.33.